The van der Waals surface area contributed by atoms with Gasteiger partial charge in [0.2, 0.25) is 17.6 Å². The summed E-state index contributed by atoms with van der Waals surface area (Å²) >= 11 is 0. The summed E-state index contributed by atoms with van der Waals surface area (Å²) in [5.74, 6) is -2.56. The van der Waals surface area contributed by atoms with E-state index in [0.717, 1.165) is 49.3 Å². The summed E-state index contributed by atoms with van der Waals surface area (Å²) in [5.41, 5.74) is 2.41. The number of ketones is 1. The third kappa shape index (κ3) is 11.6. The van der Waals surface area contributed by atoms with Gasteiger partial charge in [-0.05, 0) is 86.5 Å². The maximum Gasteiger partial charge on any atom is 0.295 e. The van der Waals surface area contributed by atoms with Crippen molar-refractivity contribution in [2.24, 2.45) is 11.8 Å². The lowest BCUT2D eigenvalue weighted by Crippen LogP contribution is -2.54. The molecule has 2 heterocycles. The smallest absolute Gasteiger partial charge is 0.295 e. The van der Waals surface area contributed by atoms with Crippen LogP contribution in [0.25, 0.3) is 0 Å². The average molecular weight is 740 g/mol. The maximum atomic E-state index is 14.5. The van der Waals surface area contributed by atoms with Crippen molar-refractivity contribution in [2.45, 2.75) is 91.1 Å². The number of benzene rings is 2. The van der Waals surface area contributed by atoms with Gasteiger partial charge in [-0.15, -0.1) is 0 Å². The molecule has 0 unspecified atom stereocenters. The van der Waals surface area contributed by atoms with Crippen LogP contribution in [0.3, 0.4) is 0 Å². The minimum absolute atomic E-state index is 0.0665. The first-order valence-corrected chi connectivity index (χ1v) is 19.9. The van der Waals surface area contributed by atoms with E-state index in [0.29, 0.717) is 52.0 Å². The minimum atomic E-state index is -0.812. The molecule has 2 aliphatic heterocycles. The molecular weight excluding hydrogens is 679 g/mol. The zero-order valence-electron chi connectivity index (χ0n) is 33.0. The van der Waals surface area contributed by atoms with Gasteiger partial charge < -0.3 is 24.9 Å². The third-order valence-electron chi connectivity index (χ3n) is 10.4. The van der Waals surface area contributed by atoms with Crippen molar-refractivity contribution in [1.29, 1.82) is 0 Å². The number of nitrogens with zero attached hydrogens (tertiary/aromatic N) is 4. The SMILES string of the molecule is CN/C=C(\C=C/C(=O)C(=O)N(CCCc1ccccc1)[C@H](C(=O)N1CCCC1)C(C)C)C(=O)N(CCCc1ccccc1)[C@H](C(=O)N1CCCC1)C(C)C. The Morgan fingerprint density at radius 3 is 1.43 bits per heavy atom. The van der Waals surface area contributed by atoms with Crippen molar-refractivity contribution < 1.29 is 24.0 Å². The van der Waals surface area contributed by atoms with E-state index in [9.17, 15) is 24.0 Å². The fourth-order valence-electron chi connectivity index (χ4n) is 7.62. The first kappa shape index (κ1) is 42.0. The second kappa shape index (κ2) is 21.2. The summed E-state index contributed by atoms with van der Waals surface area (Å²) < 4.78 is 0. The highest BCUT2D eigenvalue weighted by Crippen LogP contribution is 2.23. The van der Waals surface area contributed by atoms with Crippen LogP contribution < -0.4 is 5.32 Å². The lowest BCUT2D eigenvalue weighted by Gasteiger charge is -2.36. The fraction of sp³-hybridized carbons (Fsp3) is 0.523. The quantitative estimate of drug-likeness (QED) is 0.117. The van der Waals surface area contributed by atoms with Crippen LogP contribution in [0.4, 0.5) is 0 Å². The summed E-state index contributed by atoms with van der Waals surface area (Å²) in [7, 11) is 1.66. The minimum Gasteiger partial charge on any atom is -0.393 e. The fourth-order valence-corrected chi connectivity index (χ4v) is 7.62. The molecule has 2 saturated heterocycles. The molecule has 4 amide bonds. The van der Waals surface area contributed by atoms with Crippen LogP contribution in [0, 0.1) is 11.8 Å². The number of rotatable bonds is 19. The van der Waals surface area contributed by atoms with Gasteiger partial charge in [0.25, 0.3) is 11.8 Å². The predicted molar refractivity (Wildman–Crippen MR) is 213 cm³/mol. The number of amides is 4. The highest BCUT2D eigenvalue weighted by molar-refractivity contribution is 6.41. The summed E-state index contributed by atoms with van der Waals surface area (Å²) in [4.78, 5) is 77.0. The molecule has 0 spiro atoms. The van der Waals surface area contributed by atoms with Crippen molar-refractivity contribution in [1.82, 2.24) is 24.9 Å². The van der Waals surface area contributed by atoms with Gasteiger partial charge in [0, 0.05) is 52.5 Å². The van der Waals surface area contributed by atoms with Crippen molar-refractivity contribution in [3.63, 3.8) is 0 Å². The molecule has 1 N–H and O–H groups in total. The van der Waals surface area contributed by atoms with Gasteiger partial charge in [-0.2, -0.15) is 0 Å². The van der Waals surface area contributed by atoms with Crippen LogP contribution in [0.2, 0.25) is 0 Å². The van der Waals surface area contributed by atoms with Crippen LogP contribution in [-0.4, -0.2) is 107 Å². The Morgan fingerprint density at radius 1 is 0.630 bits per heavy atom. The van der Waals surface area contributed by atoms with Gasteiger partial charge in [0.05, 0.1) is 5.57 Å². The largest absolute Gasteiger partial charge is 0.393 e. The van der Waals surface area contributed by atoms with E-state index in [1.807, 2.05) is 93.3 Å². The molecule has 2 atom stereocenters. The number of carbonyl (C=O) groups excluding carboxylic acids is 5. The van der Waals surface area contributed by atoms with Crippen molar-refractivity contribution in [2.75, 3.05) is 46.3 Å². The van der Waals surface area contributed by atoms with E-state index in [4.69, 9.17) is 0 Å². The number of hydrogen-bond acceptors (Lipinski definition) is 6. The van der Waals surface area contributed by atoms with Crippen LogP contribution in [0.15, 0.2) is 84.6 Å². The number of aryl methyl sites for hydroxylation is 2. The van der Waals surface area contributed by atoms with Crippen molar-refractivity contribution in [3.05, 3.63) is 95.7 Å². The molecule has 2 aliphatic rings. The summed E-state index contributed by atoms with van der Waals surface area (Å²) in [5, 5.41) is 2.92. The molecule has 2 aromatic rings. The van der Waals surface area contributed by atoms with Gasteiger partial charge in [-0.1, -0.05) is 88.4 Å². The topological polar surface area (TPSA) is 110 Å². The number of likely N-dealkylation sites (tertiary alicyclic amines) is 2. The van der Waals surface area contributed by atoms with Crippen LogP contribution in [0.5, 0.6) is 0 Å². The first-order valence-electron chi connectivity index (χ1n) is 19.9. The summed E-state index contributed by atoms with van der Waals surface area (Å²) in [6.45, 7) is 10.9. The van der Waals surface area contributed by atoms with E-state index in [2.05, 4.69) is 5.32 Å². The molecule has 0 saturated carbocycles. The lowest BCUT2D eigenvalue weighted by molar-refractivity contribution is -0.151. The molecule has 10 nitrogen and oxygen atoms in total. The van der Waals surface area contributed by atoms with E-state index in [1.54, 1.807) is 16.8 Å². The zero-order valence-corrected chi connectivity index (χ0v) is 33.0. The molecule has 4 rings (SSSR count). The normalized spacial score (nSPS) is 15.9. The van der Waals surface area contributed by atoms with Crippen molar-refractivity contribution >= 4 is 29.4 Å². The van der Waals surface area contributed by atoms with Gasteiger partial charge in [-0.3, -0.25) is 24.0 Å². The Morgan fingerprint density at radius 2 is 1.04 bits per heavy atom. The molecule has 0 aromatic heterocycles. The van der Waals surface area contributed by atoms with Gasteiger partial charge >= 0.3 is 0 Å². The zero-order chi connectivity index (χ0) is 39.0. The second-order valence-corrected chi connectivity index (χ2v) is 15.2. The Kier molecular flexibility index (Phi) is 16.5. The van der Waals surface area contributed by atoms with Crippen molar-refractivity contribution in [3.8, 4) is 0 Å². The number of hydrogen-bond donors (Lipinski definition) is 1. The highest BCUT2D eigenvalue weighted by Gasteiger charge is 2.39. The van der Waals surface area contributed by atoms with E-state index in [-0.39, 0.29) is 35.8 Å². The third-order valence-corrected chi connectivity index (χ3v) is 10.4. The van der Waals surface area contributed by atoms with Gasteiger partial charge in [0.1, 0.15) is 12.1 Å². The number of nitrogens with one attached hydrogen (secondary N) is 1. The maximum absolute atomic E-state index is 14.5. The molecule has 0 bridgehead atoms. The van der Waals surface area contributed by atoms with Gasteiger partial charge in [0.15, 0.2) is 0 Å². The van der Waals surface area contributed by atoms with Crippen LogP contribution in [-0.2, 0) is 36.8 Å². The lowest BCUT2D eigenvalue weighted by atomic mass is 9.98. The first-order chi connectivity index (χ1) is 26.0. The molecule has 10 heteroatoms. The second-order valence-electron chi connectivity index (χ2n) is 15.2. The number of carbonyl (C=O) groups is 5. The van der Waals surface area contributed by atoms with E-state index < -0.39 is 29.7 Å². The Hall–Kier alpha value is -4.73. The van der Waals surface area contributed by atoms with E-state index >= 15 is 0 Å². The standard InChI is InChI=1S/C44H61N5O5/c1-33(2)39(43(53)46-26-12-13-27-46)48(30-16-22-35-18-8-6-9-19-35)41(51)37(32-45-5)24-25-38(50)42(52)49(31-17-23-36-20-10-7-11-21-36)40(34(3)4)44(54)47-28-14-15-29-47/h6-11,18-21,24-25,32-34,39-40,45H,12-17,22-23,26-31H2,1-5H3/b25-24-,37-32+/t39-,40-/m0/s1. The summed E-state index contributed by atoms with van der Waals surface area (Å²) in [6.07, 6.45) is 10.4. The predicted octanol–water partition coefficient (Wildman–Crippen LogP) is 5.43. The van der Waals surface area contributed by atoms with Gasteiger partial charge in [-0.25, -0.2) is 0 Å². The Balaban J connectivity index is 1.59. The van der Waals surface area contributed by atoms with E-state index in [1.165, 1.54) is 17.2 Å². The summed E-state index contributed by atoms with van der Waals surface area (Å²) in [6, 6.07) is 18.5. The molecule has 54 heavy (non-hydrogen) atoms. The van der Waals surface area contributed by atoms with Crippen LogP contribution in [0.1, 0.15) is 77.3 Å². The monoisotopic (exact) mass is 739 g/mol. The molecule has 2 aromatic carbocycles. The molecule has 292 valence electrons. The molecule has 2 fully saturated rings. The van der Waals surface area contributed by atoms with Crippen LogP contribution >= 0.6 is 0 Å². The Labute approximate surface area is 322 Å². The average Bonchev–Trinajstić information content (AvgIpc) is 3.91. The molecule has 0 radical (unpaired) electrons. The highest BCUT2D eigenvalue weighted by atomic mass is 16.2. The Bertz CT molecular complexity index is 1590. The molecular formula is C44H61N5O5. The molecule has 0 aliphatic carbocycles.